The molecule has 0 spiro atoms. The molecule has 1 unspecified atom stereocenters. The molecule has 1 aliphatic heterocycles. The Morgan fingerprint density at radius 3 is 2.69 bits per heavy atom. The van der Waals surface area contributed by atoms with Crippen LogP contribution in [0.25, 0.3) is 0 Å². The first-order valence-electron chi connectivity index (χ1n) is 5.74. The van der Waals surface area contributed by atoms with Crippen LogP contribution in [0.2, 0.25) is 0 Å². The molecule has 5 nitrogen and oxygen atoms in total. The lowest BCUT2D eigenvalue weighted by atomic mass is 9.87. The van der Waals surface area contributed by atoms with Gasteiger partial charge in [0.25, 0.3) is 0 Å². The molecule has 3 N–H and O–H groups in total. The largest absolute Gasteiger partial charge is 0.481 e. The van der Waals surface area contributed by atoms with Gasteiger partial charge < -0.3 is 15.7 Å². The van der Waals surface area contributed by atoms with Gasteiger partial charge in [0.15, 0.2) is 0 Å². The summed E-state index contributed by atoms with van der Waals surface area (Å²) in [4.78, 5) is 22.7. The van der Waals surface area contributed by atoms with E-state index in [1.807, 2.05) is 6.92 Å². The summed E-state index contributed by atoms with van der Waals surface area (Å²) in [6, 6.07) is -0.144. The van der Waals surface area contributed by atoms with E-state index in [1.54, 1.807) is 6.92 Å². The molecule has 1 saturated heterocycles. The van der Waals surface area contributed by atoms with Crippen LogP contribution in [-0.4, -0.2) is 36.1 Å². The van der Waals surface area contributed by atoms with Crippen molar-refractivity contribution < 1.29 is 14.7 Å². The van der Waals surface area contributed by atoms with Gasteiger partial charge in [-0.15, -0.1) is 0 Å². The summed E-state index contributed by atoms with van der Waals surface area (Å²) in [5.41, 5.74) is -0.867. The Morgan fingerprint density at radius 1 is 1.56 bits per heavy atom. The lowest BCUT2D eigenvalue weighted by Crippen LogP contribution is -2.46. The van der Waals surface area contributed by atoms with Crippen molar-refractivity contribution in [2.75, 3.05) is 13.1 Å². The molecule has 0 aromatic rings. The highest BCUT2D eigenvalue weighted by Gasteiger charge is 2.32. The minimum atomic E-state index is -0.867. The number of rotatable bonds is 5. The highest BCUT2D eigenvalue weighted by molar-refractivity contribution is 5.83. The molecule has 0 aromatic heterocycles. The van der Waals surface area contributed by atoms with E-state index in [0.717, 1.165) is 19.4 Å². The van der Waals surface area contributed by atoms with Crippen LogP contribution in [0.15, 0.2) is 0 Å². The molecule has 1 rings (SSSR count). The summed E-state index contributed by atoms with van der Waals surface area (Å²) >= 11 is 0. The van der Waals surface area contributed by atoms with E-state index >= 15 is 0 Å². The summed E-state index contributed by atoms with van der Waals surface area (Å²) in [5, 5.41) is 14.8. The molecule has 0 bridgehead atoms. The second-order valence-corrected chi connectivity index (χ2v) is 4.59. The van der Waals surface area contributed by atoms with Crippen LogP contribution in [0.3, 0.4) is 0 Å². The molecule has 16 heavy (non-hydrogen) atoms. The average molecular weight is 228 g/mol. The Labute approximate surface area is 95.6 Å². The van der Waals surface area contributed by atoms with Crippen LogP contribution in [0.4, 0.5) is 0 Å². The van der Waals surface area contributed by atoms with E-state index in [1.165, 1.54) is 0 Å². The Morgan fingerprint density at radius 2 is 2.25 bits per heavy atom. The summed E-state index contributed by atoms with van der Waals surface area (Å²) in [7, 11) is 0. The van der Waals surface area contributed by atoms with Crippen LogP contribution in [0.5, 0.6) is 0 Å². The van der Waals surface area contributed by atoms with Crippen molar-refractivity contribution in [3.63, 3.8) is 0 Å². The number of amides is 1. The normalized spacial score (nSPS) is 23.8. The number of carboxylic acid groups (broad SMARTS) is 1. The van der Waals surface area contributed by atoms with Crippen LogP contribution in [-0.2, 0) is 9.59 Å². The van der Waals surface area contributed by atoms with Gasteiger partial charge in [0.1, 0.15) is 0 Å². The molecule has 5 heteroatoms. The number of aliphatic carboxylic acids is 1. The smallest absolute Gasteiger partial charge is 0.311 e. The van der Waals surface area contributed by atoms with Gasteiger partial charge in [0.05, 0.1) is 11.5 Å². The fourth-order valence-corrected chi connectivity index (χ4v) is 1.67. The van der Waals surface area contributed by atoms with Crippen molar-refractivity contribution in [2.24, 2.45) is 5.41 Å². The van der Waals surface area contributed by atoms with Crippen molar-refractivity contribution >= 4 is 11.9 Å². The zero-order valence-electron chi connectivity index (χ0n) is 9.88. The first-order chi connectivity index (χ1) is 7.49. The molecule has 92 valence electrons. The zero-order chi connectivity index (χ0) is 12.2. The Kier molecular flexibility index (Phi) is 4.29. The van der Waals surface area contributed by atoms with Crippen LogP contribution >= 0.6 is 0 Å². The summed E-state index contributed by atoms with van der Waals surface area (Å²) < 4.78 is 0. The third kappa shape index (κ3) is 2.95. The summed E-state index contributed by atoms with van der Waals surface area (Å²) in [6.07, 6.45) is 2.34. The van der Waals surface area contributed by atoms with Crippen molar-refractivity contribution in [2.45, 2.75) is 39.2 Å². The first-order valence-corrected chi connectivity index (χ1v) is 5.74. The maximum absolute atomic E-state index is 11.7. The topological polar surface area (TPSA) is 78.4 Å². The molecule has 0 aliphatic carbocycles. The highest BCUT2D eigenvalue weighted by Crippen LogP contribution is 2.20. The predicted molar refractivity (Wildman–Crippen MR) is 60.1 cm³/mol. The van der Waals surface area contributed by atoms with Crippen molar-refractivity contribution in [1.29, 1.82) is 0 Å². The van der Waals surface area contributed by atoms with Crippen LogP contribution in [0, 0.1) is 5.41 Å². The lowest BCUT2D eigenvalue weighted by Gasteiger charge is -2.24. The van der Waals surface area contributed by atoms with E-state index in [9.17, 15) is 9.59 Å². The fourth-order valence-electron chi connectivity index (χ4n) is 1.67. The Hall–Kier alpha value is -1.10. The first kappa shape index (κ1) is 13.0. The molecular formula is C11H20N2O3. The van der Waals surface area contributed by atoms with Gasteiger partial charge in [-0.05, 0) is 32.7 Å². The molecule has 0 aromatic carbocycles. The third-order valence-electron chi connectivity index (χ3n) is 3.33. The van der Waals surface area contributed by atoms with Gasteiger partial charge in [-0.25, -0.2) is 0 Å². The van der Waals surface area contributed by atoms with E-state index < -0.39 is 11.4 Å². The third-order valence-corrected chi connectivity index (χ3v) is 3.33. The SMILES string of the molecule is CCC(C)(CNC(=O)[C@@H]1CCCN1)C(=O)O. The second-order valence-electron chi connectivity index (χ2n) is 4.59. The van der Waals surface area contributed by atoms with E-state index in [2.05, 4.69) is 10.6 Å². The molecule has 1 heterocycles. The molecule has 2 atom stereocenters. The van der Waals surface area contributed by atoms with Gasteiger partial charge in [-0.1, -0.05) is 6.92 Å². The second kappa shape index (κ2) is 5.30. The number of hydrogen-bond donors (Lipinski definition) is 3. The predicted octanol–water partition coefficient (Wildman–Crippen LogP) is 0.356. The number of nitrogens with one attached hydrogen (secondary N) is 2. The number of carbonyl (C=O) groups excluding carboxylic acids is 1. The standard InChI is InChI=1S/C11H20N2O3/c1-3-11(2,10(15)16)7-13-9(14)8-5-4-6-12-8/h8,12H,3-7H2,1-2H3,(H,13,14)(H,15,16)/t8-,11?/m0/s1. The van der Waals surface area contributed by atoms with Crippen molar-refractivity contribution in [3.05, 3.63) is 0 Å². The van der Waals surface area contributed by atoms with E-state index in [4.69, 9.17) is 5.11 Å². The van der Waals surface area contributed by atoms with Gasteiger partial charge in [0, 0.05) is 6.54 Å². The van der Waals surface area contributed by atoms with Gasteiger partial charge >= 0.3 is 5.97 Å². The Balaban J connectivity index is 2.43. The van der Waals surface area contributed by atoms with Crippen LogP contribution < -0.4 is 10.6 Å². The fraction of sp³-hybridized carbons (Fsp3) is 0.818. The van der Waals surface area contributed by atoms with E-state index in [-0.39, 0.29) is 18.5 Å². The molecule has 1 aliphatic rings. The number of carbonyl (C=O) groups is 2. The summed E-state index contributed by atoms with van der Waals surface area (Å²) in [5.74, 6) is -0.951. The minimum Gasteiger partial charge on any atom is -0.481 e. The average Bonchev–Trinajstić information content (AvgIpc) is 2.78. The molecule has 0 saturated carbocycles. The quantitative estimate of drug-likeness (QED) is 0.634. The maximum Gasteiger partial charge on any atom is 0.311 e. The zero-order valence-corrected chi connectivity index (χ0v) is 9.88. The van der Waals surface area contributed by atoms with E-state index in [0.29, 0.717) is 6.42 Å². The van der Waals surface area contributed by atoms with Gasteiger partial charge in [-0.3, -0.25) is 9.59 Å². The molecular weight excluding hydrogens is 208 g/mol. The van der Waals surface area contributed by atoms with Crippen molar-refractivity contribution in [1.82, 2.24) is 10.6 Å². The number of hydrogen-bond acceptors (Lipinski definition) is 3. The van der Waals surface area contributed by atoms with Gasteiger partial charge in [-0.2, -0.15) is 0 Å². The van der Waals surface area contributed by atoms with Crippen molar-refractivity contribution in [3.8, 4) is 0 Å². The monoisotopic (exact) mass is 228 g/mol. The molecule has 1 fully saturated rings. The number of carboxylic acids is 1. The molecule has 0 radical (unpaired) electrons. The van der Waals surface area contributed by atoms with Crippen LogP contribution in [0.1, 0.15) is 33.1 Å². The van der Waals surface area contributed by atoms with Gasteiger partial charge in [0.2, 0.25) is 5.91 Å². The Bertz CT molecular complexity index is 274. The molecule has 1 amide bonds. The maximum atomic E-state index is 11.7. The lowest BCUT2D eigenvalue weighted by molar-refractivity contribution is -0.148. The minimum absolute atomic E-state index is 0.0848. The summed E-state index contributed by atoms with van der Waals surface area (Å²) in [6.45, 7) is 4.52. The highest BCUT2D eigenvalue weighted by atomic mass is 16.4.